The first-order chi connectivity index (χ1) is 10.2. The van der Waals surface area contributed by atoms with Crippen LogP contribution in [0.4, 0.5) is 5.69 Å². The summed E-state index contributed by atoms with van der Waals surface area (Å²) >= 11 is 0. The zero-order valence-electron chi connectivity index (χ0n) is 12.7. The van der Waals surface area contributed by atoms with Crippen LogP contribution < -0.4 is 5.32 Å². The number of hydrogen-bond acceptors (Lipinski definition) is 3. The van der Waals surface area contributed by atoms with E-state index in [4.69, 9.17) is 4.74 Å². The van der Waals surface area contributed by atoms with E-state index in [1.807, 2.05) is 37.3 Å². The highest BCUT2D eigenvalue weighted by Gasteiger charge is 2.12. The molecule has 1 unspecified atom stereocenters. The number of anilines is 1. The van der Waals surface area contributed by atoms with Gasteiger partial charge in [0.1, 0.15) is 0 Å². The molecule has 0 fully saturated rings. The molecule has 0 heterocycles. The third-order valence-corrected chi connectivity index (χ3v) is 3.60. The molecule has 0 bridgehead atoms. The van der Waals surface area contributed by atoms with Gasteiger partial charge in [-0.3, -0.25) is 0 Å². The lowest BCUT2D eigenvalue weighted by Gasteiger charge is -2.20. The Morgan fingerprint density at radius 2 is 1.90 bits per heavy atom. The smallest absolute Gasteiger partial charge is 0.337 e. The van der Waals surface area contributed by atoms with Gasteiger partial charge in [0.05, 0.1) is 18.7 Å². The van der Waals surface area contributed by atoms with Gasteiger partial charge < -0.3 is 10.1 Å². The maximum absolute atomic E-state index is 11.7. The highest BCUT2D eigenvalue weighted by Crippen LogP contribution is 2.25. The topological polar surface area (TPSA) is 38.3 Å². The van der Waals surface area contributed by atoms with Crippen molar-refractivity contribution in [3.8, 4) is 0 Å². The lowest BCUT2D eigenvalue weighted by Crippen LogP contribution is -2.11. The van der Waals surface area contributed by atoms with Crippen LogP contribution in [0.2, 0.25) is 0 Å². The molecule has 3 nitrogen and oxygen atoms in total. The van der Waals surface area contributed by atoms with Crippen molar-refractivity contribution in [2.45, 2.75) is 26.3 Å². The van der Waals surface area contributed by atoms with Crippen molar-refractivity contribution in [3.63, 3.8) is 0 Å². The van der Waals surface area contributed by atoms with Crippen LogP contribution in [-0.2, 0) is 4.74 Å². The first kappa shape index (κ1) is 15.1. The van der Waals surface area contributed by atoms with Crippen LogP contribution in [0.25, 0.3) is 0 Å². The Kier molecular flexibility index (Phi) is 4.99. The summed E-state index contributed by atoms with van der Waals surface area (Å²) in [6.45, 7) is 4.17. The normalized spacial score (nSPS) is 11.8. The van der Waals surface area contributed by atoms with Gasteiger partial charge in [-0.05, 0) is 36.6 Å². The fraction of sp³-hybridized carbons (Fsp3) is 0.278. The van der Waals surface area contributed by atoms with Gasteiger partial charge in [-0.25, -0.2) is 4.79 Å². The molecule has 21 heavy (non-hydrogen) atoms. The van der Waals surface area contributed by atoms with Crippen LogP contribution in [0.1, 0.15) is 40.9 Å². The molecular formula is C18H21NO2. The Morgan fingerprint density at radius 3 is 2.52 bits per heavy atom. The number of esters is 1. The molecule has 0 radical (unpaired) electrons. The molecule has 3 heteroatoms. The quantitative estimate of drug-likeness (QED) is 0.829. The predicted molar refractivity (Wildman–Crippen MR) is 85.6 cm³/mol. The van der Waals surface area contributed by atoms with Gasteiger partial charge in [-0.1, -0.05) is 43.3 Å². The van der Waals surface area contributed by atoms with E-state index in [0.717, 1.165) is 17.7 Å². The van der Waals surface area contributed by atoms with Gasteiger partial charge in [-0.15, -0.1) is 0 Å². The van der Waals surface area contributed by atoms with Crippen molar-refractivity contribution in [3.05, 3.63) is 65.2 Å². The van der Waals surface area contributed by atoms with Gasteiger partial charge in [0, 0.05) is 5.69 Å². The van der Waals surface area contributed by atoms with Crippen molar-refractivity contribution in [1.82, 2.24) is 0 Å². The van der Waals surface area contributed by atoms with Crippen LogP contribution in [0.15, 0.2) is 48.5 Å². The molecule has 2 aromatic rings. The van der Waals surface area contributed by atoms with Gasteiger partial charge in [0.2, 0.25) is 0 Å². The molecule has 2 aromatic carbocycles. The zero-order chi connectivity index (χ0) is 15.2. The van der Waals surface area contributed by atoms with Crippen LogP contribution in [0.5, 0.6) is 0 Å². The van der Waals surface area contributed by atoms with Crippen molar-refractivity contribution in [2.75, 3.05) is 12.4 Å². The van der Waals surface area contributed by atoms with E-state index < -0.39 is 0 Å². The molecule has 1 atom stereocenters. The first-order valence-electron chi connectivity index (χ1n) is 7.16. The number of carbonyl (C=O) groups excluding carboxylic acids is 1. The summed E-state index contributed by atoms with van der Waals surface area (Å²) in [5.41, 5.74) is 3.88. The molecule has 0 aromatic heterocycles. The van der Waals surface area contributed by atoms with Gasteiger partial charge >= 0.3 is 5.97 Å². The van der Waals surface area contributed by atoms with Crippen LogP contribution in [0.3, 0.4) is 0 Å². The van der Waals surface area contributed by atoms with Crippen molar-refractivity contribution in [1.29, 1.82) is 0 Å². The first-order valence-corrected chi connectivity index (χ1v) is 7.16. The second-order valence-electron chi connectivity index (χ2n) is 5.04. The summed E-state index contributed by atoms with van der Waals surface area (Å²) in [7, 11) is 1.40. The van der Waals surface area contributed by atoms with Crippen molar-refractivity contribution in [2.24, 2.45) is 0 Å². The molecule has 2 rings (SSSR count). The van der Waals surface area contributed by atoms with Gasteiger partial charge in [0.15, 0.2) is 0 Å². The van der Waals surface area contributed by atoms with Crippen molar-refractivity contribution >= 4 is 11.7 Å². The number of carbonyl (C=O) groups is 1. The maximum Gasteiger partial charge on any atom is 0.337 e. The third-order valence-electron chi connectivity index (χ3n) is 3.60. The van der Waals surface area contributed by atoms with E-state index in [2.05, 4.69) is 24.4 Å². The Labute approximate surface area is 126 Å². The van der Waals surface area contributed by atoms with Crippen LogP contribution in [0, 0.1) is 6.92 Å². The van der Waals surface area contributed by atoms with Crippen molar-refractivity contribution < 1.29 is 9.53 Å². The minimum absolute atomic E-state index is 0.220. The molecule has 1 N–H and O–H groups in total. The summed E-state index contributed by atoms with van der Waals surface area (Å²) in [5.74, 6) is -0.314. The number of nitrogens with one attached hydrogen (secondary N) is 1. The average Bonchev–Trinajstić information content (AvgIpc) is 2.54. The predicted octanol–water partition coefficient (Wildman–Crippen LogP) is 4.34. The highest BCUT2D eigenvalue weighted by molar-refractivity contribution is 5.90. The summed E-state index contributed by atoms with van der Waals surface area (Å²) in [4.78, 5) is 11.7. The molecule has 0 saturated heterocycles. The van der Waals surface area contributed by atoms with E-state index in [1.54, 1.807) is 6.07 Å². The Morgan fingerprint density at radius 1 is 1.19 bits per heavy atom. The molecular weight excluding hydrogens is 262 g/mol. The molecule has 0 aliphatic rings. The summed E-state index contributed by atoms with van der Waals surface area (Å²) in [6, 6.07) is 16.1. The standard InChI is InChI=1S/C18H21NO2/c1-4-16(14-8-6-5-7-9-14)19-17-12-15(18(20)21-3)11-10-13(17)2/h5-12,16,19H,4H2,1-3H3. The number of methoxy groups -OCH3 is 1. The molecule has 0 spiro atoms. The molecule has 0 aliphatic carbocycles. The summed E-state index contributed by atoms with van der Waals surface area (Å²) in [5, 5.41) is 3.52. The summed E-state index contributed by atoms with van der Waals surface area (Å²) < 4.78 is 4.78. The Hall–Kier alpha value is -2.29. The van der Waals surface area contributed by atoms with E-state index in [-0.39, 0.29) is 12.0 Å². The third kappa shape index (κ3) is 3.63. The number of aryl methyl sites for hydroxylation is 1. The molecule has 110 valence electrons. The Balaban J connectivity index is 2.27. The minimum Gasteiger partial charge on any atom is -0.465 e. The number of ether oxygens (including phenoxy) is 1. The van der Waals surface area contributed by atoms with Gasteiger partial charge in [-0.2, -0.15) is 0 Å². The van der Waals surface area contributed by atoms with E-state index >= 15 is 0 Å². The second-order valence-corrected chi connectivity index (χ2v) is 5.04. The average molecular weight is 283 g/mol. The second kappa shape index (κ2) is 6.93. The number of benzene rings is 2. The number of hydrogen-bond donors (Lipinski definition) is 1. The zero-order valence-corrected chi connectivity index (χ0v) is 12.7. The molecule has 0 aliphatic heterocycles. The lowest BCUT2D eigenvalue weighted by molar-refractivity contribution is 0.0601. The van der Waals surface area contributed by atoms with E-state index in [1.165, 1.54) is 12.7 Å². The lowest BCUT2D eigenvalue weighted by atomic mass is 10.0. The summed E-state index contributed by atoms with van der Waals surface area (Å²) in [6.07, 6.45) is 0.964. The Bertz CT molecular complexity index is 608. The minimum atomic E-state index is -0.314. The van der Waals surface area contributed by atoms with Gasteiger partial charge in [0.25, 0.3) is 0 Å². The van der Waals surface area contributed by atoms with E-state index in [9.17, 15) is 4.79 Å². The maximum atomic E-state index is 11.7. The highest BCUT2D eigenvalue weighted by atomic mass is 16.5. The van der Waals surface area contributed by atoms with Crippen LogP contribution in [-0.4, -0.2) is 13.1 Å². The van der Waals surface area contributed by atoms with Crippen LogP contribution >= 0.6 is 0 Å². The molecule has 0 saturated carbocycles. The molecule has 0 amide bonds. The fourth-order valence-corrected chi connectivity index (χ4v) is 2.32. The largest absolute Gasteiger partial charge is 0.465 e. The fourth-order valence-electron chi connectivity index (χ4n) is 2.32. The SMILES string of the molecule is CCC(Nc1cc(C(=O)OC)ccc1C)c1ccccc1. The number of rotatable bonds is 5. The van der Waals surface area contributed by atoms with E-state index in [0.29, 0.717) is 5.56 Å². The monoisotopic (exact) mass is 283 g/mol.